The van der Waals surface area contributed by atoms with Crippen LogP contribution in [0.1, 0.15) is 54.2 Å². The first kappa shape index (κ1) is 19.8. The number of hydrogen-bond acceptors (Lipinski definition) is 5. The summed E-state index contributed by atoms with van der Waals surface area (Å²) in [6.45, 7) is 4.82. The van der Waals surface area contributed by atoms with Gasteiger partial charge in [0.1, 0.15) is 0 Å². The van der Waals surface area contributed by atoms with Crippen molar-refractivity contribution in [3.05, 3.63) is 59.4 Å². The van der Waals surface area contributed by atoms with Crippen LogP contribution in [0.3, 0.4) is 0 Å². The summed E-state index contributed by atoms with van der Waals surface area (Å²) in [6.07, 6.45) is 5.80. The van der Waals surface area contributed by atoms with Gasteiger partial charge in [0.15, 0.2) is 5.65 Å². The molecule has 1 N–H and O–H groups in total. The minimum atomic E-state index is -0.00420. The molecule has 1 atom stereocenters. The number of nitriles is 1. The fourth-order valence-electron chi connectivity index (χ4n) is 4.13. The summed E-state index contributed by atoms with van der Waals surface area (Å²) < 4.78 is 0. The van der Waals surface area contributed by atoms with Gasteiger partial charge in [-0.2, -0.15) is 5.26 Å². The van der Waals surface area contributed by atoms with Crippen molar-refractivity contribution in [2.24, 2.45) is 0 Å². The van der Waals surface area contributed by atoms with Crippen molar-refractivity contribution in [2.75, 3.05) is 11.9 Å². The lowest BCUT2D eigenvalue weighted by molar-refractivity contribution is 0.0609. The molecular weight excluding hydrogens is 374 g/mol. The highest BCUT2D eigenvalue weighted by Gasteiger charge is 2.28. The van der Waals surface area contributed by atoms with E-state index >= 15 is 0 Å². The highest BCUT2D eigenvalue weighted by atomic mass is 16.2. The molecule has 3 aromatic rings. The van der Waals surface area contributed by atoms with Crippen molar-refractivity contribution in [1.82, 2.24) is 14.9 Å². The van der Waals surface area contributed by atoms with Crippen LogP contribution in [0, 0.1) is 18.3 Å². The van der Waals surface area contributed by atoms with E-state index in [1.54, 1.807) is 18.3 Å². The van der Waals surface area contributed by atoms with Crippen molar-refractivity contribution >= 4 is 28.3 Å². The second-order valence-electron chi connectivity index (χ2n) is 7.74. The fraction of sp³-hybridized carbons (Fsp3) is 0.333. The molecule has 6 heteroatoms. The molecule has 0 saturated carbocycles. The number of aromatic nitrogens is 2. The Morgan fingerprint density at radius 1 is 1.30 bits per heavy atom. The second-order valence-corrected chi connectivity index (χ2v) is 7.74. The number of hydrogen-bond donors (Lipinski definition) is 1. The summed E-state index contributed by atoms with van der Waals surface area (Å²) in [5.41, 5.74) is 4.00. The van der Waals surface area contributed by atoms with Gasteiger partial charge in [0.05, 0.1) is 22.9 Å². The Balaban J connectivity index is 1.82. The average molecular weight is 399 g/mol. The van der Waals surface area contributed by atoms with Gasteiger partial charge in [-0.25, -0.2) is 9.97 Å². The van der Waals surface area contributed by atoms with Crippen LogP contribution in [-0.2, 0) is 0 Å². The van der Waals surface area contributed by atoms with Crippen LogP contribution in [0.2, 0.25) is 0 Å². The molecule has 1 saturated heterocycles. The molecule has 6 nitrogen and oxygen atoms in total. The van der Waals surface area contributed by atoms with Gasteiger partial charge >= 0.3 is 0 Å². The van der Waals surface area contributed by atoms with E-state index in [4.69, 9.17) is 0 Å². The molecule has 1 aliphatic rings. The number of piperidine rings is 1. The molecule has 0 bridgehead atoms. The number of nitrogens with zero attached hydrogens (tertiary/aromatic N) is 4. The first-order chi connectivity index (χ1) is 14.6. The predicted molar refractivity (Wildman–Crippen MR) is 118 cm³/mol. The highest BCUT2D eigenvalue weighted by molar-refractivity contribution is 6.07. The first-order valence-corrected chi connectivity index (χ1v) is 10.4. The van der Waals surface area contributed by atoms with Crippen molar-refractivity contribution in [2.45, 2.75) is 45.6 Å². The summed E-state index contributed by atoms with van der Waals surface area (Å²) in [6, 6.07) is 13.5. The number of anilines is 2. The number of carbonyl (C=O) groups excluding carboxylic acids is 1. The molecule has 1 fully saturated rings. The molecule has 3 heterocycles. The number of nitrogens with one attached hydrogen (secondary N) is 1. The van der Waals surface area contributed by atoms with Crippen LogP contribution >= 0.6 is 0 Å². The molecule has 0 spiro atoms. The Morgan fingerprint density at radius 2 is 2.17 bits per heavy atom. The standard InChI is InChI=1S/C24H25N5O/c1-3-19-9-4-5-12-29(19)24(30)21-15-26-23-20(11-10-16(2)27-23)22(21)28-18-8-6-7-17(13-18)14-25/h6-8,10-11,13,15,19H,3-5,9,12H2,1-2H3,(H,26,27,28)/t19-/m0/s1. The molecule has 0 unspecified atom stereocenters. The molecule has 0 radical (unpaired) electrons. The van der Waals surface area contributed by atoms with Crippen LogP contribution in [0.5, 0.6) is 0 Å². The number of fused-ring (bicyclic) bond motifs is 1. The molecule has 0 aliphatic carbocycles. The Morgan fingerprint density at radius 3 is 2.97 bits per heavy atom. The van der Waals surface area contributed by atoms with Gasteiger partial charge in [-0.15, -0.1) is 0 Å². The molecule has 1 aromatic carbocycles. The fourth-order valence-corrected chi connectivity index (χ4v) is 4.13. The van der Waals surface area contributed by atoms with Gasteiger partial charge in [0, 0.05) is 35.6 Å². The lowest BCUT2D eigenvalue weighted by atomic mass is 9.98. The van der Waals surface area contributed by atoms with E-state index in [0.717, 1.165) is 49.0 Å². The summed E-state index contributed by atoms with van der Waals surface area (Å²) in [5.74, 6) is -0.00420. The molecule has 4 rings (SSSR count). The van der Waals surface area contributed by atoms with Gasteiger partial charge in [0.2, 0.25) is 0 Å². The van der Waals surface area contributed by atoms with Crippen LogP contribution in [0.15, 0.2) is 42.6 Å². The van der Waals surface area contributed by atoms with E-state index in [-0.39, 0.29) is 11.9 Å². The number of amides is 1. The zero-order chi connectivity index (χ0) is 21.1. The highest BCUT2D eigenvalue weighted by Crippen LogP contribution is 2.31. The van der Waals surface area contributed by atoms with Gasteiger partial charge in [-0.3, -0.25) is 4.79 Å². The molecule has 152 valence electrons. The zero-order valence-electron chi connectivity index (χ0n) is 17.4. The van der Waals surface area contributed by atoms with E-state index in [9.17, 15) is 10.1 Å². The number of aryl methyl sites for hydroxylation is 1. The Hall–Kier alpha value is -3.46. The Bertz CT molecular complexity index is 1130. The van der Waals surface area contributed by atoms with E-state index in [2.05, 4.69) is 28.3 Å². The van der Waals surface area contributed by atoms with Gasteiger partial charge in [-0.05, 0) is 62.9 Å². The van der Waals surface area contributed by atoms with Gasteiger partial charge in [0.25, 0.3) is 5.91 Å². The van der Waals surface area contributed by atoms with Crippen molar-refractivity contribution in [3.8, 4) is 6.07 Å². The van der Waals surface area contributed by atoms with E-state index < -0.39 is 0 Å². The lowest BCUT2D eigenvalue weighted by Crippen LogP contribution is -2.43. The largest absolute Gasteiger partial charge is 0.354 e. The molecule has 2 aromatic heterocycles. The van der Waals surface area contributed by atoms with E-state index in [1.807, 2.05) is 36.1 Å². The van der Waals surface area contributed by atoms with Gasteiger partial charge in [-0.1, -0.05) is 13.0 Å². The zero-order valence-corrected chi connectivity index (χ0v) is 17.4. The Kier molecular flexibility index (Phi) is 5.62. The Labute approximate surface area is 176 Å². The molecular formula is C24H25N5O. The molecule has 1 aliphatic heterocycles. The lowest BCUT2D eigenvalue weighted by Gasteiger charge is -2.35. The van der Waals surface area contributed by atoms with Crippen molar-refractivity contribution < 1.29 is 4.79 Å². The summed E-state index contributed by atoms with van der Waals surface area (Å²) in [4.78, 5) is 24.6. The van der Waals surface area contributed by atoms with E-state index in [0.29, 0.717) is 22.5 Å². The number of benzene rings is 1. The van der Waals surface area contributed by atoms with E-state index in [1.165, 1.54) is 0 Å². The predicted octanol–water partition coefficient (Wildman–Crippen LogP) is 4.96. The molecule has 1 amide bonds. The molecule has 30 heavy (non-hydrogen) atoms. The second kappa shape index (κ2) is 8.50. The summed E-state index contributed by atoms with van der Waals surface area (Å²) in [5, 5.41) is 13.4. The minimum absolute atomic E-state index is 0.00420. The average Bonchev–Trinajstić information content (AvgIpc) is 2.78. The quantitative estimate of drug-likeness (QED) is 0.671. The maximum absolute atomic E-state index is 13.6. The van der Waals surface area contributed by atoms with Crippen LogP contribution in [0.4, 0.5) is 11.4 Å². The normalized spacial score (nSPS) is 16.3. The minimum Gasteiger partial charge on any atom is -0.354 e. The third-order valence-corrected chi connectivity index (χ3v) is 5.72. The third kappa shape index (κ3) is 3.84. The smallest absolute Gasteiger partial charge is 0.257 e. The number of carbonyl (C=O) groups is 1. The SMILES string of the molecule is CC[C@H]1CCCCN1C(=O)c1cnc2nc(C)ccc2c1Nc1cccc(C#N)c1. The summed E-state index contributed by atoms with van der Waals surface area (Å²) >= 11 is 0. The topological polar surface area (TPSA) is 81.9 Å². The third-order valence-electron chi connectivity index (χ3n) is 5.72. The van der Waals surface area contributed by atoms with Crippen molar-refractivity contribution in [3.63, 3.8) is 0 Å². The maximum Gasteiger partial charge on any atom is 0.257 e. The van der Waals surface area contributed by atoms with Crippen LogP contribution in [-0.4, -0.2) is 33.4 Å². The number of rotatable bonds is 4. The van der Waals surface area contributed by atoms with Crippen LogP contribution < -0.4 is 5.32 Å². The van der Waals surface area contributed by atoms with Crippen LogP contribution in [0.25, 0.3) is 11.0 Å². The van der Waals surface area contributed by atoms with Gasteiger partial charge < -0.3 is 10.2 Å². The summed E-state index contributed by atoms with van der Waals surface area (Å²) in [7, 11) is 0. The number of pyridine rings is 2. The first-order valence-electron chi connectivity index (χ1n) is 10.4. The monoisotopic (exact) mass is 399 g/mol. The van der Waals surface area contributed by atoms with Crippen molar-refractivity contribution in [1.29, 1.82) is 5.26 Å². The maximum atomic E-state index is 13.6. The number of likely N-dealkylation sites (tertiary alicyclic amines) is 1.